The number of aromatic nitrogens is 2. The van der Waals surface area contributed by atoms with Crippen molar-refractivity contribution in [2.45, 2.75) is 58.8 Å². The fourth-order valence-corrected chi connectivity index (χ4v) is 3.65. The van der Waals surface area contributed by atoms with Crippen LogP contribution in [0.5, 0.6) is 0 Å². The lowest BCUT2D eigenvalue weighted by Gasteiger charge is -2.39. The van der Waals surface area contributed by atoms with Crippen LogP contribution in [0.4, 0.5) is 0 Å². The molecule has 0 aromatic carbocycles. The van der Waals surface area contributed by atoms with Gasteiger partial charge in [0, 0.05) is 12.7 Å². The Hall–Kier alpha value is -0.830. The van der Waals surface area contributed by atoms with E-state index in [1.807, 2.05) is 4.68 Å². The molecule has 0 saturated heterocycles. The molecule has 0 bridgehead atoms. The summed E-state index contributed by atoms with van der Waals surface area (Å²) < 4.78 is 2.03. The van der Waals surface area contributed by atoms with Crippen LogP contribution in [-0.2, 0) is 13.5 Å². The van der Waals surface area contributed by atoms with Crippen LogP contribution in [0, 0.1) is 18.3 Å². The number of nitrogens with two attached hydrogens (primary N) is 1. The Labute approximate surface area is 117 Å². The van der Waals surface area contributed by atoms with E-state index < -0.39 is 0 Å². The van der Waals surface area contributed by atoms with Crippen LogP contribution in [0.15, 0.2) is 6.07 Å². The molecule has 0 spiro atoms. The molecule has 2 rings (SSSR count). The maximum absolute atomic E-state index is 6.13. The van der Waals surface area contributed by atoms with Crippen LogP contribution >= 0.6 is 0 Å². The molecule has 1 aromatic heterocycles. The van der Waals surface area contributed by atoms with Gasteiger partial charge >= 0.3 is 0 Å². The molecular weight excluding hydrogens is 234 g/mol. The first-order valence-electron chi connectivity index (χ1n) is 7.78. The second kappa shape index (κ2) is 6.08. The molecule has 2 N–H and O–H groups in total. The summed E-state index contributed by atoms with van der Waals surface area (Å²) in [5.74, 6) is 0.943. The highest BCUT2D eigenvalue weighted by Crippen LogP contribution is 2.42. The molecule has 3 heteroatoms. The predicted molar refractivity (Wildman–Crippen MR) is 80.0 cm³/mol. The molecule has 108 valence electrons. The average molecular weight is 263 g/mol. The van der Waals surface area contributed by atoms with Crippen molar-refractivity contribution in [3.05, 3.63) is 17.5 Å². The summed E-state index contributed by atoms with van der Waals surface area (Å²) in [7, 11) is 2.05. The van der Waals surface area contributed by atoms with E-state index >= 15 is 0 Å². The molecule has 1 saturated carbocycles. The van der Waals surface area contributed by atoms with Crippen molar-refractivity contribution in [2.75, 3.05) is 6.54 Å². The van der Waals surface area contributed by atoms with Gasteiger partial charge in [-0.05, 0) is 63.0 Å². The number of nitrogens with zero attached hydrogens (tertiary/aromatic N) is 2. The van der Waals surface area contributed by atoms with Gasteiger partial charge in [-0.25, -0.2) is 0 Å². The van der Waals surface area contributed by atoms with Gasteiger partial charge in [-0.1, -0.05) is 19.8 Å². The minimum absolute atomic E-state index is 0.324. The van der Waals surface area contributed by atoms with Crippen molar-refractivity contribution in [1.82, 2.24) is 9.78 Å². The van der Waals surface area contributed by atoms with E-state index in [9.17, 15) is 0 Å². The molecule has 1 aliphatic carbocycles. The summed E-state index contributed by atoms with van der Waals surface area (Å²) in [4.78, 5) is 0. The molecule has 1 aliphatic rings. The fraction of sp³-hybridized carbons (Fsp3) is 0.812. The van der Waals surface area contributed by atoms with E-state index in [0.717, 1.165) is 24.6 Å². The third-order valence-corrected chi connectivity index (χ3v) is 4.95. The largest absolute Gasteiger partial charge is 0.330 e. The van der Waals surface area contributed by atoms with Crippen molar-refractivity contribution in [2.24, 2.45) is 24.1 Å². The van der Waals surface area contributed by atoms with Crippen LogP contribution in [0.1, 0.15) is 56.8 Å². The molecule has 19 heavy (non-hydrogen) atoms. The van der Waals surface area contributed by atoms with E-state index in [1.165, 1.54) is 44.2 Å². The molecule has 0 aliphatic heterocycles. The SMILES string of the molecule is CCCC1CCC(CN)(Cc2cc(C)nn2C)CC1. The molecular formula is C16H29N3. The first kappa shape index (κ1) is 14.6. The first-order valence-corrected chi connectivity index (χ1v) is 7.78. The minimum atomic E-state index is 0.324. The van der Waals surface area contributed by atoms with E-state index in [0.29, 0.717) is 5.41 Å². The van der Waals surface area contributed by atoms with Crippen molar-refractivity contribution in [1.29, 1.82) is 0 Å². The highest BCUT2D eigenvalue weighted by Gasteiger charge is 2.34. The Kier molecular flexibility index (Phi) is 4.67. The van der Waals surface area contributed by atoms with Crippen LogP contribution in [0.2, 0.25) is 0 Å². The summed E-state index contributed by atoms with van der Waals surface area (Å²) in [6.07, 6.45) is 9.12. The third kappa shape index (κ3) is 3.38. The maximum atomic E-state index is 6.13. The fourth-order valence-electron chi connectivity index (χ4n) is 3.65. The molecule has 0 radical (unpaired) electrons. The van der Waals surface area contributed by atoms with Crippen LogP contribution in [0.3, 0.4) is 0 Å². The predicted octanol–water partition coefficient (Wildman–Crippen LogP) is 3.21. The van der Waals surface area contributed by atoms with Gasteiger partial charge in [0.2, 0.25) is 0 Å². The molecule has 1 aromatic rings. The monoisotopic (exact) mass is 263 g/mol. The van der Waals surface area contributed by atoms with Crippen molar-refractivity contribution in [3.8, 4) is 0 Å². The molecule has 1 heterocycles. The second-order valence-electron chi connectivity index (χ2n) is 6.51. The van der Waals surface area contributed by atoms with Gasteiger partial charge in [0.25, 0.3) is 0 Å². The van der Waals surface area contributed by atoms with E-state index in [-0.39, 0.29) is 0 Å². The Morgan fingerprint density at radius 2 is 2.11 bits per heavy atom. The normalized spacial score (nSPS) is 27.7. The zero-order chi connectivity index (χ0) is 13.9. The second-order valence-corrected chi connectivity index (χ2v) is 6.51. The Balaban J connectivity index is 2.02. The van der Waals surface area contributed by atoms with Gasteiger partial charge in [-0.15, -0.1) is 0 Å². The first-order chi connectivity index (χ1) is 9.08. The lowest BCUT2D eigenvalue weighted by molar-refractivity contribution is 0.148. The van der Waals surface area contributed by atoms with Gasteiger partial charge in [0.15, 0.2) is 0 Å². The summed E-state index contributed by atoms with van der Waals surface area (Å²) in [6, 6.07) is 2.22. The number of aryl methyl sites for hydroxylation is 2. The van der Waals surface area contributed by atoms with Gasteiger partial charge in [-0.2, -0.15) is 5.10 Å². The molecule has 1 fully saturated rings. The Morgan fingerprint density at radius 1 is 1.42 bits per heavy atom. The highest BCUT2D eigenvalue weighted by atomic mass is 15.3. The number of rotatable bonds is 5. The summed E-state index contributed by atoms with van der Waals surface area (Å²) >= 11 is 0. The zero-order valence-corrected chi connectivity index (χ0v) is 12.8. The van der Waals surface area contributed by atoms with Crippen LogP contribution in [-0.4, -0.2) is 16.3 Å². The highest BCUT2D eigenvalue weighted by molar-refractivity contribution is 5.11. The minimum Gasteiger partial charge on any atom is -0.330 e. The lowest BCUT2D eigenvalue weighted by atomic mass is 9.67. The lowest BCUT2D eigenvalue weighted by Crippen LogP contribution is -2.37. The van der Waals surface area contributed by atoms with Gasteiger partial charge < -0.3 is 5.73 Å². The van der Waals surface area contributed by atoms with Gasteiger partial charge in [0.05, 0.1) is 5.69 Å². The maximum Gasteiger partial charge on any atom is 0.0596 e. The molecule has 3 nitrogen and oxygen atoms in total. The number of hydrogen-bond donors (Lipinski definition) is 1. The molecule has 0 amide bonds. The van der Waals surface area contributed by atoms with Crippen molar-refractivity contribution in [3.63, 3.8) is 0 Å². The Bertz CT molecular complexity index is 400. The number of hydrogen-bond acceptors (Lipinski definition) is 2. The standard InChI is InChI=1S/C16H29N3/c1-4-5-14-6-8-16(12-17,9-7-14)11-15-10-13(2)18-19(15)3/h10,14H,4-9,11-12,17H2,1-3H3. The third-order valence-electron chi connectivity index (χ3n) is 4.95. The zero-order valence-electron chi connectivity index (χ0n) is 12.8. The van der Waals surface area contributed by atoms with E-state index in [2.05, 4.69) is 32.1 Å². The van der Waals surface area contributed by atoms with Gasteiger partial charge in [-0.3, -0.25) is 4.68 Å². The quantitative estimate of drug-likeness (QED) is 0.886. The smallest absolute Gasteiger partial charge is 0.0596 e. The average Bonchev–Trinajstić information content (AvgIpc) is 2.70. The molecule has 0 atom stereocenters. The van der Waals surface area contributed by atoms with E-state index in [4.69, 9.17) is 5.73 Å². The topological polar surface area (TPSA) is 43.8 Å². The molecule has 0 unspecified atom stereocenters. The van der Waals surface area contributed by atoms with Crippen LogP contribution in [0.25, 0.3) is 0 Å². The summed E-state index contributed by atoms with van der Waals surface area (Å²) in [6.45, 7) is 5.18. The summed E-state index contributed by atoms with van der Waals surface area (Å²) in [5.41, 5.74) is 8.92. The summed E-state index contributed by atoms with van der Waals surface area (Å²) in [5, 5.41) is 4.46. The van der Waals surface area contributed by atoms with Gasteiger partial charge in [0.1, 0.15) is 0 Å². The van der Waals surface area contributed by atoms with Crippen molar-refractivity contribution < 1.29 is 0 Å². The van der Waals surface area contributed by atoms with E-state index in [1.54, 1.807) is 0 Å². The van der Waals surface area contributed by atoms with Crippen molar-refractivity contribution >= 4 is 0 Å². The Morgan fingerprint density at radius 3 is 2.58 bits per heavy atom. The van der Waals surface area contributed by atoms with Crippen LogP contribution < -0.4 is 5.73 Å².